The van der Waals surface area contributed by atoms with Crippen LogP contribution in [0.5, 0.6) is 11.6 Å². The highest BCUT2D eigenvalue weighted by Gasteiger charge is 2.45. The van der Waals surface area contributed by atoms with Crippen LogP contribution in [-0.2, 0) is 11.3 Å². The summed E-state index contributed by atoms with van der Waals surface area (Å²) >= 11 is 1.91. The zero-order valence-electron chi connectivity index (χ0n) is 28.3. The van der Waals surface area contributed by atoms with Crippen molar-refractivity contribution in [1.82, 2.24) is 5.32 Å². The molecule has 0 bridgehead atoms. The maximum atomic E-state index is 13.1. The van der Waals surface area contributed by atoms with E-state index in [1.165, 1.54) is 89.9 Å². The number of pyridine rings is 1. The number of fused-ring (bicyclic) bond motifs is 1. The average molecular weight is 694 g/mol. The van der Waals surface area contributed by atoms with Crippen LogP contribution >= 0.6 is 11.8 Å². The number of ether oxygens (including phenoxy) is 2. The molecule has 1 N–H and O–H groups in total. The third kappa shape index (κ3) is 12.0. The first-order chi connectivity index (χ1) is 21.1. The van der Waals surface area contributed by atoms with E-state index < -0.39 is 0 Å². The van der Waals surface area contributed by atoms with Gasteiger partial charge in [0.05, 0.1) is 17.2 Å². The van der Waals surface area contributed by atoms with Crippen molar-refractivity contribution in [2.45, 2.75) is 154 Å². The van der Waals surface area contributed by atoms with E-state index in [9.17, 15) is 4.79 Å². The third-order valence-corrected chi connectivity index (χ3v) is 10.5. The topological polar surface area (TPSA) is 51.4 Å². The Bertz CT molecular complexity index is 1090. The number of para-hydroxylation sites is 1. The summed E-state index contributed by atoms with van der Waals surface area (Å²) in [5.74, 6) is 2.58. The number of aromatic nitrogens is 1. The fraction of sp³-hybridized carbons (Fsp3) is 0.730. The third-order valence-electron chi connectivity index (χ3n) is 9.08. The number of benzene rings is 1. The maximum absolute atomic E-state index is 13.1. The Hall–Kier alpha value is -1.47. The van der Waals surface area contributed by atoms with Gasteiger partial charge in [-0.3, -0.25) is 0 Å². The zero-order valence-corrected chi connectivity index (χ0v) is 30.7. The Morgan fingerprint density at radius 2 is 1.36 bits per heavy atom. The lowest BCUT2D eigenvalue weighted by atomic mass is 9.94. The number of amides is 1. The number of aryl methyl sites for hydroxylation is 1. The lowest BCUT2D eigenvalue weighted by Crippen LogP contribution is -3.00. The first kappa shape index (κ1) is 38.7. The molecular weight excluding hydrogens is 632 g/mol. The normalized spacial score (nSPS) is 15.9. The summed E-state index contributed by atoms with van der Waals surface area (Å²) in [6, 6.07) is 8.26. The van der Waals surface area contributed by atoms with Gasteiger partial charge in [0.1, 0.15) is 5.56 Å². The van der Waals surface area contributed by atoms with E-state index in [0.717, 1.165) is 66.7 Å². The maximum Gasteiger partial charge on any atom is 0.412 e. The van der Waals surface area contributed by atoms with Crippen molar-refractivity contribution in [3.05, 3.63) is 29.8 Å². The summed E-state index contributed by atoms with van der Waals surface area (Å²) in [6.45, 7) is 8.27. The predicted molar refractivity (Wildman–Crippen MR) is 184 cm³/mol. The van der Waals surface area contributed by atoms with Crippen molar-refractivity contribution in [1.29, 1.82) is 0 Å². The highest BCUT2D eigenvalue weighted by molar-refractivity contribution is 8.01. The van der Waals surface area contributed by atoms with Crippen LogP contribution in [0, 0.1) is 0 Å². The predicted octanol–water partition coefficient (Wildman–Crippen LogP) is 7.64. The molecule has 1 aliphatic rings. The van der Waals surface area contributed by atoms with Crippen LogP contribution in [0.4, 0.5) is 4.79 Å². The van der Waals surface area contributed by atoms with Crippen LogP contribution in [-0.4, -0.2) is 25.5 Å². The second-order valence-electron chi connectivity index (χ2n) is 12.7. The van der Waals surface area contributed by atoms with E-state index in [1.807, 2.05) is 23.9 Å². The second kappa shape index (κ2) is 22.1. The number of nitrogens with zero attached hydrogens (tertiary/aromatic N) is 1. The Kier molecular flexibility index (Phi) is 19.5. The molecule has 2 aromatic rings. The lowest BCUT2D eigenvalue weighted by Gasteiger charge is -2.38. The number of carbonyl (C=O) groups is 1. The lowest BCUT2D eigenvalue weighted by molar-refractivity contribution is -0.677. The summed E-state index contributed by atoms with van der Waals surface area (Å²) in [5, 5.41) is 4.00. The minimum atomic E-state index is -0.367. The van der Waals surface area contributed by atoms with Crippen LogP contribution in [0.2, 0.25) is 0 Å². The molecule has 1 aliphatic heterocycles. The molecule has 0 spiro atoms. The fourth-order valence-electron chi connectivity index (χ4n) is 6.30. The molecule has 44 heavy (non-hydrogen) atoms. The molecule has 0 saturated carbocycles. The van der Waals surface area contributed by atoms with Gasteiger partial charge in [0.25, 0.3) is 0 Å². The molecule has 7 heteroatoms. The Morgan fingerprint density at radius 1 is 0.841 bits per heavy atom. The van der Waals surface area contributed by atoms with E-state index in [2.05, 4.69) is 42.8 Å². The highest BCUT2D eigenvalue weighted by atomic mass is 79.9. The fourth-order valence-corrected chi connectivity index (χ4v) is 7.44. The van der Waals surface area contributed by atoms with Gasteiger partial charge in [-0.05, 0) is 31.6 Å². The molecule has 1 saturated heterocycles. The van der Waals surface area contributed by atoms with E-state index in [4.69, 9.17) is 9.47 Å². The van der Waals surface area contributed by atoms with Crippen LogP contribution in [0.1, 0.15) is 148 Å². The van der Waals surface area contributed by atoms with Gasteiger partial charge in [0.15, 0.2) is 12.3 Å². The summed E-state index contributed by atoms with van der Waals surface area (Å²) < 4.78 is 14.4. The largest absolute Gasteiger partial charge is 1.00 e. The summed E-state index contributed by atoms with van der Waals surface area (Å²) in [4.78, 5) is 13.1. The van der Waals surface area contributed by atoms with Gasteiger partial charge in [0.2, 0.25) is 5.52 Å². The van der Waals surface area contributed by atoms with Crippen LogP contribution in [0.15, 0.2) is 24.3 Å². The molecule has 2 heterocycles. The smallest absolute Gasteiger partial charge is 0.412 e. The van der Waals surface area contributed by atoms with Crippen LogP contribution in [0.3, 0.4) is 0 Å². The average Bonchev–Trinajstić information content (AvgIpc) is 3.00. The number of unbranched alkanes of at least 4 members (excludes halogenated alkanes) is 16. The van der Waals surface area contributed by atoms with E-state index in [1.54, 1.807) is 7.11 Å². The van der Waals surface area contributed by atoms with Gasteiger partial charge in [-0.1, -0.05) is 129 Å². The van der Waals surface area contributed by atoms with Crippen molar-refractivity contribution >= 4 is 28.8 Å². The van der Waals surface area contributed by atoms with E-state index in [-0.39, 0.29) is 27.8 Å². The van der Waals surface area contributed by atoms with Gasteiger partial charge >= 0.3 is 12.0 Å². The summed E-state index contributed by atoms with van der Waals surface area (Å²) in [7, 11) is 1.74. The van der Waals surface area contributed by atoms with Gasteiger partial charge in [-0.15, -0.1) is 11.8 Å². The molecule has 0 aliphatic carbocycles. The summed E-state index contributed by atoms with van der Waals surface area (Å²) in [6.07, 6.45) is 24.3. The molecule has 5 nitrogen and oxygen atoms in total. The van der Waals surface area contributed by atoms with Crippen molar-refractivity contribution in [2.75, 3.05) is 19.4 Å². The molecular formula is C37H61BrN2O3S. The molecule has 1 atom stereocenters. The number of nitrogens with one attached hydrogen (secondary N) is 1. The Morgan fingerprint density at radius 3 is 1.86 bits per heavy atom. The number of thioether (sulfide) groups is 1. The number of methoxy groups -OCH3 is 1. The molecule has 1 unspecified atom stereocenters. The van der Waals surface area contributed by atoms with Gasteiger partial charge < -0.3 is 31.8 Å². The minimum absolute atomic E-state index is 0. The highest BCUT2D eigenvalue weighted by Crippen LogP contribution is 2.55. The first-order valence-corrected chi connectivity index (χ1v) is 18.7. The van der Waals surface area contributed by atoms with Crippen molar-refractivity contribution < 1.29 is 35.8 Å². The first-order valence-electron chi connectivity index (χ1n) is 17.7. The molecule has 250 valence electrons. The molecule has 1 aromatic heterocycles. The van der Waals surface area contributed by atoms with Crippen molar-refractivity contribution in [3.8, 4) is 11.6 Å². The number of hydrogen-bond donors (Lipinski definition) is 1. The van der Waals surface area contributed by atoms with E-state index in [0.29, 0.717) is 12.3 Å². The van der Waals surface area contributed by atoms with Crippen molar-refractivity contribution in [3.63, 3.8) is 0 Å². The molecule has 3 rings (SSSR count). The van der Waals surface area contributed by atoms with Gasteiger partial charge in [0, 0.05) is 19.0 Å². The number of carbonyl (C=O) groups excluding carboxylic acids is 1. The molecule has 1 fully saturated rings. The van der Waals surface area contributed by atoms with Crippen molar-refractivity contribution in [2.24, 2.45) is 0 Å². The minimum Gasteiger partial charge on any atom is -1.00 e. The molecule has 0 radical (unpaired) electrons. The quantitative estimate of drug-likeness (QED) is 0.0961. The van der Waals surface area contributed by atoms with Crippen LogP contribution < -0.4 is 36.3 Å². The van der Waals surface area contributed by atoms with Gasteiger partial charge in [-0.25, -0.2) is 4.79 Å². The number of halogens is 1. The zero-order chi connectivity index (χ0) is 30.8. The number of rotatable bonds is 23. The monoisotopic (exact) mass is 692 g/mol. The summed E-state index contributed by atoms with van der Waals surface area (Å²) in [5.41, 5.74) is 2.06. The SMILES string of the molecule is CCCCCCCCCCCCCCCCCCNC(=O)Oc1c(C2(C)CCS2)c(OC)[n+](CCCC)c2ccccc12.[Br-]. The standard InChI is InChI=1S/C37H60N2O3S.BrH/c1-5-7-9-10-11-12-13-14-15-16-17-18-19-20-21-24-28-38-36(40)42-34-31-25-22-23-26-32(31)39(29-8-6-2)35(41-4)33(34)37(3)27-30-43-37;/h22-23,25-26H,5-21,24,27-30H2,1-4H3;1H. The Balaban J connectivity index is 0.00000675. The van der Waals surface area contributed by atoms with E-state index >= 15 is 0 Å². The molecule has 1 aromatic carbocycles. The van der Waals surface area contributed by atoms with Crippen LogP contribution in [0.25, 0.3) is 10.9 Å². The second-order valence-corrected chi connectivity index (χ2v) is 14.3. The Labute approximate surface area is 283 Å². The van der Waals surface area contributed by atoms with Gasteiger partial charge in [-0.2, -0.15) is 4.57 Å². The number of hydrogen-bond acceptors (Lipinski definition) is 4. The molecule has 1 amide bonds.